The maximum Gasteiger partial charge on any atom is 0.303 e. The Balaban J connectivity index is 1.85. The first-order valence-electron chi connectivity index (χ1n) is 8.43. The highest BCUT2D eigenvalue weighted by atomic mass is 16.7. The Morgan fingerprint density at radius 2 is 2.26 bits per heavy atom. The molecule has 2 saturated heterocycles. The van der Waals surface area contributed by atoms with Crippen molar-refractivity contribution in [1.29, 1.82) is 0 Å². The SMILES string of the molecule is CC1(C)OC[C@H](/C=C/C(CCCC(=O)O)OC2CCCCO2)O1. The number of ether oxygens (including phenoxy) is 4. The van der Waals surface area contributed by atoms with Crippen LogP contribution in [0, 0.1) is 0 Å². The summed E-state index contributed by atoms with van der Waals surface area (Å²) < 4.78 is 22.9. The third-order valence-electron chi connectivity index (χ3n) is 3.91. The summed E-state index contributed by atoms with van der Waals surface area (Å²) in [7, 11) is 0. The van der Waals surface area contributed by atoms with Crippen LogP contribution in [-0.2, 0) is 23.7 Å². The molecule has 0 amide bonds. The lowest BCUT2D eigenvalue weighted by Gasteiger charge is -2.26. The van der Waals surface area contributed by atoms with Gasteiger partial charge in [0.2, 0.25) is 0 Å². The summed E-state index contributed by atoms with van der Waals surface area (Å²) in [6.45, 7) is 5.02. The van der Waals surface area contributed by atoms with E-state index in [1.807, 2.05) is 26.0 Å². The number of carbonyl (C=O) groups is 1. The van der Waals surface area contributed by atoms with E-state index in [-0.39, 0.29) is 24.9 Å². The van der Waals surface area contributed by atoms with Crippen LogP contribution in [0.2, 0.25) is 0 Å². The first kappa shape index (κ1) is 18.4. The molecule has 0 aromatic heterocycles. The molecule has 1 N–H and O–H groups in total. The highest BCUT2D eigenvalue weighted by Gasteiger charge is 2.31. The minimum Gasteiger partial charge on any atom is -0.481 e. The molecule has 2 aliphatic heterocycles. The van der Waals surface area contributed by atoms with Crippen molar-refractivity contribution in [2.24, 2.45) is 0 Å². The molecular formula is C17H28O6. The van der Waals surface area contributed by atoms with E-state index in [2.05, 4.69) is 0 Å². The molecule has 23 heavy (non-hydrogen) atoms. The second-order valence-corrected chi connectivity index (χ2v) is 6.51. The number of carboxylic acids is 1. The quantitative estimate of drug-likeness (QED) is 0.691. The van der Waals surface area contributed by atoms with Crippen molar-refractivity contribution in [3.05, 3.63) is 12.2 Å². The van der Waals surface area contributed by atoms with E-state index in [0.29, 0.717) is 19.4 Å². The summed E-state index contributed by atoms with van der Waals surface area (Å²) >= 11 is 0. The smallest absolute Gasteiger partial charge is 0.303 e. The second-order valence-electron chi connectivity index (χ2n) is 6.51. The molecule has 0 aliphatic carbocycles. The van der Waals surface area contributed by atoms with E-state index >= 15 is 0 Å². The van der Waals surface area contributed by atoms with Crippen LogP contribution in [0.1, 0.15) is 52.4 Å². The van der Waals surface area contributed by atoms with Crippen LogP contribution in [0.15, 0.2) is 12.2 Å². The molecule has 6 heteroatoms. The van der Waals surface area contributed by atoms with Gasteiger partial charge in [-0.2, -0.15) is 0 Å². The van der Waals surface area contributed by atoms with Crippen LogP contribution < -0.4 is 0 Å². The van der Waals surface area contributed by atoms with Crippen molar-refractivity contribution < 1.29 is 28.8 Å². The van der Waals surface area contributed by atoms with Crippen LogP contribution in [0.3, 0.4) is 0 Å². The fraction of sp³-hybridized carbons (Fsp3) is 0.824. The molecular weight excluding hydrogens is 300 g/mol. The molecule has 0 aromatic carbocycles. The molecule has 2 heterocycles. The van der Waals surface area contributed by atoms with Crippen molar-refractivity contribution in [3.63, 3.8) is 0 Å². The van der Waals surface area contributed by atoms with Crippen LogP contribution in [0.5, 0.6) is 0 Å². The highest BCUT2D eigenvalue weighted by Crippen LogP contribution is 2.24. The molecule has 0 bridgehead atoms. The Bertz CT molecular complexity index is 400. The highest BCUT2D eigenvalue weighted by molar-refractivity contribution is 5.66. The number of hydrogen-bond donors (Lipinski definition) is 1. The summed E-state index contributed by atoms with van der Waals surface area (Å²) in [5, 5.41) is 8.79. The van der Waals surface area contributed by atoms with E-state index in [1.54, 1.807) is 0 Å². The lowest BCUT2D eigenvalue weighted by Crippen LogP contribution is -2.27. The average Bonchev–Trinajstić information content (AvgIpc) is 2.84. The molecule has 2 fully saturated rings. The van der Waals surface area contributed by atoms with Gasteiger partial charge in [-0.25, -0.2) is 0 Å². The van der Waals surface area contributed by atoms with Gasteiger partial charge in [0.1, 0.15) is 6.10 Å². The number of hydrogen-bond acceptors (Lipinski definition) is 5. The standard InChI is InChI=1S/C17H28O6/c1-17(2)21-12-14(23-17)10-9-13(6-5-7-15(18)19)22-16-8-3-4-11-20-16/h9-10,13-14,16H,3-8,11-12H2,1-2H3,(H,18,19)/b10-9+/t13?,14-,16?/m0/s1. The first-order valence-corrected chi connectivity index (χ1v) is 8.43. The Hall–Kier alpha value is -0.950. The van der Waals surface area contributed by atoms with Crippen LogP contribution >= 0.6 is 0 Å². The fourth-order valence-electron chi connectivity index (χ4n) is 2.74. The number of rotatable bonds is 8. The Morgan fingerprint density at radius 3 is 2.87 bits per heavy atom. The van der Waals surface area contributed by atoms with Gasteiger partial charge in [-0.1, -0.05) is 12.2 Å². The summed E-state index contributed by atoms with van der Waals surface area (Å²) in [5.74, 6) is -1.34. The topological polar surface area (TPSA) is 74.2 Å². The molecule has 2 unspecified atom stereocenters. The van der Waals surface area contributed by atoms with E-state index in [4.69, 9.17) is 24.1 Å². The third kappa shape index (κ3) is 6.99. The summed E-state index contributed by atoms with van der Waals surface area (Å²) in [5.41, 5.74) is 0. The number of carboxylic acid groups (broad SMARTS) is 1. The predicted molar refractivity (Wildman–Crippen MR) is 84.0 cm³/mol. The minimum absolute atomic E-state index is 0.0946. The lowest BCUT2D eigenvalue weighted by molar-refractivity contribution is -0.179. The van der Waals surface area contributed by atoms with Gasteiger partial charge in [0, 0.05) is 13.0 Å². The van der Waals surface area contributed by atoms with E-state index < -0.39 is 11.8 Å². The van der Waals surface area contributed by atoms with E-state index in [9.17, 15) is 4.79 Å². The maximum atomic E-state index is 10.7. The molecule has 132 valence electrons. The first-order chi connectivity index (χ1) is 10.9. The van der Waals surface area contributed by atoms with Gasteiger partial charge >= 0.3 is 5.97 Å². The molecule has 0 aromatic rings. The molecule has 6 nitrogen and oxygen atoms in total. The minimum atomic E-state index is -0.782. The Labute approximate surface area is 137 Å². The molecule has 2 rings (SSSR count). The molecule has 3 atom stereocenters. The van der Waals surface area contributed by atoms with Gasteiger partial charge in [-0.15, -0.1) is 0 Å². The predicted octanol–water partition coefficient (Wildman–Crippen LogP) is 2.86. The van der Waals surface area contributed by atoms with Gasteiger partial charge < -0.3 is 24.1 Å². The second kappa shape index (κ2) is 8.78. The van der Waals surface area contributed by atoms with Crippen molar-refractivity contribution >= 4 is 5.97 Å². The average molecular weight is 328 g/mol. The zero-order chi connectivity index (χ0) is 16.7. The Kier molecular flexibility index (Phi) is 7.02. The normalized spacial score (nSPS) is 29.0. The van der Waals surface area contributed by atoms with Gasteiger partial charge in [0.15, 0.2) is 12.1 Å². The van der Waals surface area contributed by atoms with Crippen molar-refractivity contribution in [2.75, 3.05) is 13.2 Å². The monoisotopic (exact) mass is 328 g/mol. The van der Waals surface area contributed by atoms with Crippen molar-refractivity contribution in [2.45, 2.75) is 76.7 Å². The molecule has 0 spiro atoms. The lowest BCUT2D eigenvalue weighted by atomic mass is 10.1. The van der Waals surface area contributed by atoms with Gasteiger partial charge in [-0.3, -0.25) is 4.79 Å². The van der Waals surface area contributed by atoms with Gasteiger partial charge in [0.25, 0.3) is 0 Å². The third-order valence-corrected chi connectivity index (χ3v) is 3.91. The van der Waals surface area contributed by atoms with Crippen molar-refractivity contribution in [3.8, 4) is 0 Å². The summed E-state index contributed by atoms with van der Waals surface area (Å²) in [4.78, 5) is 10.7. The molecule has 0 saturated carbocycles. The van der Waals surface area contributed by atoms with Gasteiger partial charge in [-0.05, 0) is 46.0 Å². The van der Waals surface area contributed by atoms with Crippen LogP contribution in [0.25, 0.3) is 0 Å². The van der Waals surface area contributed by atoms with Gasteiger partial charge in [0.05, 0.1) is 12.7 Å². The zero-order valence-electron chi connectivity index (χ0n) is 14.0. The zero-order valence-corrected chi connectivity index (χ0v) is 14.0. The molecule has 2 aliphatic rings. The molecule has 0 radical (unpaired) electrons. The van der Waals surface area contributed by atoms with E-state index in [1.165, 1.54) is 0 Å². The van der Waals surface area contributed by atoms with Crippen LogP contribution in [-0.4, -0.2) is 48.6 Å². The fourth-order valence-corrected chi connectivity index (χ4v) is 2.74. The van der Waals surface area contributed by atoms with Crippen LogP contribution in [0.4, 0.5) is 0 Å². The van der Waals surface area contributed by atoms with Crippen molar-refractivity contribution in [1.82, 2.24) is 0 Å². The Morgan fingerprint density at radius 1 is 1.43 bits per heavy atom. The van der Waals surface area contributed by atoms with E-state index in [0.717, 1.165) is 25.9 Å². The maximum absolute atomic E-state index is 10.7. The largest absolute Gasteiger partial charge is 0.481 e. The summed E-state index contributed by atoms with van der Waals surface area (Å²) in [6, 6.07) is 0. The summed E-state index contributed by atoms with van der Waals surface area (Å²) in [6.07, 6.45) is 7.89. The number of aliphatic carboxylic acids is 1.